The summed E-state index contributed by atoms with van der Waals surface area (Å²) in [6, 6.07) is 10.3. The van der Waals surface area contributed by atoms with E-state index in [0.29, 0.717) is 0 Å². The quantitative estimate of drug-likeness (QED) is 0.491. The van der Waals surface area contributed by atoms with Gasteiger partial charge in [0.1, 0.15) is 0 Å². The molecule has 0 fully saturated rings. The van der Waals surface area contributed by atoms with Crippen molar-refractivity contribution in [3.63, 3.8) is 0 Å². The zero-order chi connectivity index (χ0) is 10.5. The number of thioether (sulfide) groups is 1. The Labute approximate surface area is 107 Å². The van der Waals surface area contributed by atoms with Crippen molar-refractivity contribution in [1.29, 1.82) is 0 Å². The van der Waals surface area contributed by atoms with Gasteiger partial charge in [0.25, 0.3) is 0 Å². The predicted molar refractivity (Wildman–Crippen MR) is 70.8 cm³/mol. The van der Waals surface area contributed by atoms with E-state index >= 15 is 0 Å². The molecule has 0 unspecified atom stereocenters. The second kappa shape index (κ2) is 5.46. The van der Waals surface area contributed by atoms with Gasteiger partial charge in [0.2, 0.25) is 0 Å². The Morgan fingerprint density at radius 2 is 1.73 bits per heavy atom. The van der Waals surface area contributed by atoms with Crippen LogP contribution in [0.2, 0.25) is 0 Å². The summed E-state index contributed by atoms with van der Waals surface area (Å²) >= 11 is 3.86. The normalized spacial score (nSPS) is 10.2. The van der Waals surface area contributed by atoms with E-state index in [1.807, 2.05) is 30.6 Å². The second-order valence-corrected chi connectivity index (χ2v) is 5.15. The first-order chi connectivity index (χ1) is 7.34. The van der Waals surface area contributed by atoms with Crippen molar-refractivity contribution in [2.24, 2.45) is 0 Å². The fraction of sp³-hybridized carbons (Fsp3) is 0.0909. The molecule has 15 heavy (non-hydrogen) atoms. The number of benzene rings is 1. The van der Waals surface area contributed by atoms with E-state index in [2.05, 4.69) is 44.7 Å². The third kappa shape index (κ3) is 3.46. The van der Waals surface area contributed by atoms with Crippen LogP contribution < -0.4 is 0 Å². The average molecular weight is 328 g/mol. The summed E-state index contributed by atoms with van der Waals surface area (Å²) in [5.41, 5.74) is 1.30. The number of hydrogen-bond donors (Lipinski definition) is 0. The fourth-order valence-electron chi connectivity index (χ4n) is 1.10. The third-order valence-electron chi connectivity index (χ3n) is 1.81. The zero-order valence-corrected chi connectivity index (χ0v) is 10.9. The molecule has 4 heteroatoms. The van der Waals surface area contributed by atoms with Crippen LogP contribution in [-0.2, 0) is 5.75 Å². The lowest BCUT2D eigenvalue weighted by atomic mass is 10.2. The molecule has 0 spiro atoms. The average Bonchev–Trinajstić information content (AvgIpc) is 2.30. The van der Waals surface area contributed by atoms with Crippen LogP contribution in [0.15, 0.2) is 47.9 Å². The predicted octanol–water partition coefficient (Wildman–Crippen LogP) is 3.37. The molecule has 2 rings (SSSR count). The number of aromatic nitrogens is 2. The monoisotopic (exact) mass is 328 g/mol. The van der Waals surface area contributed by atoms with Gasteiger partial charge in [-0.2, -0.15) is 0 Å². The Balaban J connectivity index is 1.96. The first-order valence-electron chi connectivity index (χ1n) is 4.49. The summed E-state index contributed by atoms with van der Waals surface area (Å²) in [4.78, 5) is 8.48. The van der Waals surface area contributed by atoms with Gasteiger partial charge in [-0.05, 0) is 28.2 Å². The van der Waals surface area contributed by atoms with Crippen molar-refractivity contribution in [2.45, 2.75) is 10.9 Å². The largest absolute Gasteiger partial charge is 0.230 e. The molecule has 76 valence electrons. The topological polar surface area (TPSA) is 25.8 Å². The summed E-state index contributed by atoms with van der Waals surface area (Å²) in [6.07, 6.45) is 3.67. The van der Waals surface area contributed by atoms with E-state index in [-0.39, 0.29) is 0 Å². The lowest BCUT2D eigenvalue weighted by Crippen LogP contribution is -1.87. The SMILES string of the molecule is Ic1cnc(SCc2ccccc2)nc1. The molecule has 0 bridgehead atoms. The molecule has 0 aliphatic heterocycles. The third-order valence-corrected chi connectivity index (χ3v) is 3.31. The lowest BCUT2D eigenvalue weighted by molar-refractivity contribution is 0.957. The smallest absolute Gasteiger partial charge is 0.187 e. The van der Waals surface area contributed by atoms with Crippen molar-refractivity contribution >= 4 is 34.4 Å². The molecule has 1 aromatic carbocycles. The van der Waals surface area contributed by atoms with Gasteiger partial charge in [-0.25, -0.2) is 9.97 Å². The molecular weight excluding hydrogens is 319 g/mol. The number of nitrogens with zero attached hydrogens (tertiary/aromatic N) is 2. The van der Waals surface area contributed by atoms with Crippen molar-refractivity contribution in [3.05, 3.63) is 51.9 Å². The van der Waals surface area contributed by atoms with Gasteiger partial charge in [-0.15, -0.1) is 0 Å². The maximum absolute atomic E-state index is 4.24. The van der Waals surface area contributed by atoms with Crippen LogP contribution in [0.3, 0.4) is 0 Å². The fourth-order valence-corrected chi connectivity index (χ4v) is 2.12. The molecular formula is C11H9IN2S. The molecule has 2 nitrogen and oxygen atoms in total. The van der Waals surface area contributed by atoms with Crippen LogP contribution in [0.25, 0.3) is 0 Å². The highest BCUT2D eigenvalue weighted by molar-refractivity contribution is 14.1. The van der Waals surface area contributed by atoms with Gasteiger partial charge in [0, 0.05) is 21.7 Å². The maximum Gasteiger partial charge on any atom is 0.187 e. The first kappa shape index (κ1) is 10.9. The molecule has 0 saturated carbocycles. The summed E-state index contributed by atoms with van der Waals surface area (Å²) < 4.78 is 1.07. The standard InChI is InChI=1S/C11H9IN2S/c12-10-6-13-11(14-7-10)15-8-9-4-2-1-3-5-9/h1-7H,8H2. The van der Waals surface area contributed by atoms with E-state index in [1.54, 1.807) is 11.8 Å². The Kier molecular flexibility index (Phi) is 3.96. The Morgan fingerprint density at radius 1 is 1.07 bits per heavy atom. The van der Waals surface area contributed by atoms with Gasteiger partial charge in [-0.1, -0.05) is 42.1 Å². The molecule has 0 amide bonds. The highest BCUT2D eigenvalue weighted by Crippen LogP contribution is 2.18. The van der Waals surface area contributed by atoms with Crippen LogP contribution >= 0.6 is 34.4 Å². The van der Waals surface area contributed by atoms with Crippen molar-refractivity contribution < 1.29 is 0 Å². The molecule has 0 atom stereocenters. The van der Waals surface area contributed by atoms with E-state index in [4.69, 9.17) is 0 Å². The minimum absolute atomic E-state index is 0.833. The molecule has 0 aliphatic carbocycles. The molecule has 0 saturated heterocycles. The van der Waals surface area contributed by atoms with Gasteiger partial charge in [-0.3, -0.25) is 0 Å². The van der Waals surface area contributed by atoms with E-state index < -0.39 is 0 Å². The number of rotatable bonds is 3. The molecule has 1 aromatic heterocycles. The van der Waals surface area contributed by atoms with Gasteiger partial charge in [0.05, 0.1) is 0 Å². The maximum atomic E-state index is 4.24. The van der Waals surface area contributed by atoms with Crippen LogP contribution in [0.1, 0.15) is 5.56 Å². The summed E-state index contributed by atoms with van der Waals surface area (Å²) in [7, 11) is 0. The molecule has 0 aliphatic rings. The van der Waals surface area contributed by atoms with E-state index in [9.17, 15) is 0 Å². The molecule has 0 N–H and O–H groups in total. The van der Waals surface area contributed by atoms with Gasteiger partial charge < -0.3 is 0 Å². The van der Waals surface area contributed by atoms with Crippen molar-refractivity contribution in [3.8, 4) is 0 Å². The van der Waals surface area contributed by atoms with Crippen molar-refractivity contribution in [1.82, 2.24) is 9.97 Å². The summed E-state index contributed by atoms with van der Waals surface area (Å²) in [5.74, 6) is 0.918. The summed E-state index contributed by atoms with van der Waals surface area (Å²) in [6.45, 7) is 0. The molecule has 2 aromatic rings. The zero-order valence-electron chi connectivity index (χ0n) is 7.93. The lowest BCUT2D eigenvalue weighted by Gasteiger charge is -1.99. The minimum Gasteiger partial charge on any atom is -0.230 e. The van der Waals surface area contributed by atoms with Crippen LogP contribution in [0.4, 0.5) is 0 Å². The number of hydrogen-bond acceptors (Lipinski definition) is 3. The van der Waals surface area contributed by atoms with Crippen molar-refractivity contribution in [2.75, 3.05) is 0 Å². The van der Waals surface area contributed by atoms with Crippen LogP contribution in [-0.4, -0.2) is 9.97 Å². The highest BCUT2D eigenvalue weighted by Gasteiger charge is 1.98. The van der Waals surface area contributed by atoms with Crippen LogP contribution in [0, 0.1) is 3.57 Å². The molecule has 0 radical (unpaired) electrons. The Bertz CT molecular complexity index is 416. The summed E-state index contributed by atoms with van der Waals surface area (Å²) in [5, 5.41) is 0.833. The van der Waals surface area contributed by atoms with Gasteiger partial charge in [0.15, 0.2) is 5.16 Å². The number of halogens is 1. The Hall–Kier alpha value is -0.620. The minimum atomic E-state index is 0.833. The highest BCUT2D eigenvalue weighted by atomic mass is 127. The first-order valence-corrected chi connectivity index (χ1v) is 6.55. The van der Waals surface area contributed by atoms with E-state index in [1.165, 1.54) is 5.56 Å². The Morgan fingerprint density at radius 3 is 2.40 bits per heavy atom. The molecule has 1 heterocycles. The van der Waals surface area contributed by atoms with Gasteiger partial charge >= 0.3 is 0 Å². The van der Waals surface area contributed by atoms with E-state index in [0.717, 1.165) is 14.5 Å². The van der Waals surface area contributed by atoms with Crippen LogP contribution in [0.5, 0.6) is 0 Å². The second-order valence-electron chi connectivity index (χ2n) is 2.96.